The van der Waals surface area contributed by atoms with Gasteiger partial charge in [-0.3, -0.25) is 4.79 Å². The number of aromatic nitrogens is 1. The Hall–Kier alpha value is -2.40. The van der Waals surface area contributed by atoms with Crippen LogP contribution in [-0.4, -0.2) is 10.9 Å². The lowest BCUT2D eigenvalue weighted by Gasteiger charge is -2.01. The summed E-state index contributed by atoms with van der Waals surface area (Å²) in [5.41, 5.74) is 2.46. The molecule has 2 heterocycles. The van der Waals surface area contributed by atoms with Gasteiger partial charge in [-0.15, -0.1) is 11.3 Å². The second-order valence-corrected chi connectivity index (χ2v) is 5.88. The summed E-state index contributed by atoms with van der Waals surface area (Å²) < 4.78 is 5.45. The van der Waals surface area contributed by atoms with Gasteiger partial charge in [0.2, 0.25) is 0 Å². The molecule has 112 valence electrons. The summed E-state index contributed by atoms with van der Waals surface area (Å²) in [6, 6.07) is 11.8. The summed E-state index contributed by atoms with van der Waals surface area (Å²) in [6.45, 7) is 4.23. The van der Waals surface area contributed by atoms with Gasteiger partial charge in [0.15, 0.2) is 0 Å². The molecule has 0 bridgehead atoms. The molecule has 5 heteroatoms. The summed E-state index contributed by atoms with van der Waals surface area (Å²) in [5.74, 6) is 1.51. The van der Waals surface area contributed by atoms with Crippen LogP contribution in [0.1, 0.15) is 27.6 Å². The maximum atomic E-state index is 12.2. The molecular formula is C17H16N2O2S. The van der Waals surface area contributed by atoms with Gasteiger partial charge in [0.1, 0.15) is 22.2 Å². The first kappa shape index (κ1) is 14.5. The second-order valence-electron chi connectivity index (χ2n) is 5.03. The number of amides is 1. The predicted octanol–water partition coefficient (Wildman–Crippen LogP) is 3.95. The van der Waals surface area contributed by atoms with Crippen LogP contribution in [0.15, 0.2) is 46.2 Å². The highest BCUT2D eigenvalue weighted by atomic mass is 32.1. The Morgan fingerprint density at radius 2 is 2.05 bits per heavy atom. The van der Waals surface area contributed by atoms with E-state index in [4.69, 9.17) is 4.42 Å². The highest BCUT2D eigenvalue weighted by Crippen LogP contribution is 2.23. The van der Waals surface area contributed by atoms with Crippen molar-refractivity contribution in [2.75, 3.05) is 0 Å². The van der Waals surface area contributed by atoms with Crippen LogP contribution in [-0.2, 0) is 6.54 Å². The zero-order chi connectivity index (χ0) is 15.5. The van der Waals surface area contributed by atoms with Crippen LogP contribution in [0.4, 0.5) is 0 Å². The molecule has 0 aliphatic rings. The second kappa shape index (κ2) is 6.15. The zero-order valence-corrected chi connectivity index (χ0v) is 13.2. The maximum Gasteiger partial charge on any atom is 0.271 e. The highest BCUT2D eigenvalue weighted by molar-refractivity contribution is 7.13. The average molecular weight is 312 g/mol. The molecule has 0 saturated carbocycles. The van der Waals surface area contributed by atoms with Crippen molar-refractivity contribution in [2.45, 2.75) is 20.4 Å². The summed E-state index contributed by atoms with van der Waals surface area (Å²) in [5, 5.41) is 5.51. The molecule has 0 atom stereocenters. The molecular weight excluding hydrogens is 296 g/mol. The monoisotopic (exact) mass is 312 g/mol. The molecule has 22 heavy (non-hydrogen) atoms. The summed E-state index contributed by atoms with van der Waals surface area (Å²) in [7, 11) is 0. The van der Waals surface area contributed by atoms with Gasteiger partial charge < -0.3 is 9.73 Å². The Morgan fingerprint density at radius 3 is 2.73 bits per heavy atom. The number of carbonyl (C=O) groups is 1. The molecule has 3 aromatic rings. The van der Waals surface area contributed by atoms with Crippen molar-refractivity contribution in [1.82, 2.24) is 10.3 Å². The smallest absolute Gasteiger partial charge is 0.271 e. The number of furan rings is 1. The minimum absolute atomic E-state index is 0.170. The van der Waals surface area contributed by atoms with Crippen molar-refractivity contribution in [1.29, 1.82) is 0 Å². The lowest BCUT2D eigenvalue weighted by atomic mass is 10.2. The molecule has 1 N–H and O–H groups in total. The molecule has 0 fully saturated rings. The lowest BCUT2D eigenvalue weighted by molar-refractivity contribution is 0.0946. The molecule has 2 aromatic heterocycles. The number of hydrogen-bond acceptors (Lipinski definition) is 4. The number of nitrogens with zero attached hydrogens (tertiary/aromatic N) is 1. The van der Waals surface area contributed by atoms with Gasteiger partial charge in [0.05, 0.1) is 0 Å². The van der Waals surface area contributed by atoms with Gasteiger partial charge in [0.25, 0.3) is 5.91 Å². The molecule has 0 unspecified atom stereocenters. The van der Waals surface area contributed by atoms with E-state index in [1.165, 1.54) is 11.3 Å². The minimum atomic E-state index is -0.170. The molecule has 0 aliphatic heterocycles. The fraction of sp³-hybridized carbons (Fsp3) is 0.176. The quantitative estimate of drug-likeness (QED) is 0.793. The molecule has 1 aromatic carbocycles. The fourth-order valence-electron chi connectivity index (χ4n) is 2.22. The van der Waals surface area contributed by atoms with Gasteiger partial charge in [-0.1, -0.05) is 30.3 Å². The Balaban J connectivity index is 1.68. The molecule has 0 radical (unpaired) electrons. The zero-order valence-electron chi connectivity index (χ0n) is 12.4. The van der Waals surface area contributed by atoms with Crippen LogP contribution in [0.25, 0.3) is 10.6 Å². The van der Waals surface area contributed by atoms with Crippen molar-refractivity contribution in [2.24, 2.45) is 0 Å². The maximum absolute atomic E-state index is 12.2. The molecule has 3 rings (SSSR count). The van der Waals surface area contributed by atoms with E-state index in [2.05, 4.69) is 10.3 Å². The number of rotatable bonds is 4. The molecule has 1 amide bonds. The number of nitrogens with one attached hydrogen (secondary N) is 1. The Bertz CT molecular complexity index is 790. The largest absolute Gasteiger partial charge is 0.466 e. The van der Waals surface area contributed by atoms with E-state index < -0.39 is 0 Å². The van der Waals surface area contributed by atoms with E-state index in [0.717, 1.165) is 27.7 Å². The molecule has 0 aliphatic carbocycles. The van der Waals surface area contributed by atoms with Crippen molar-refractivity contribution in [3.63, 3.8) is 0 Å². The molecule has 4 nitrogen and oxygen atoms in total. The van der Waals surface area contributed by atoms with Crippen molar-refractivity contribution in [3.05, 3.63) is 64.6 Å². The van der Waals surface area contributed by atoms with Crippen LogP contribution < -0.4 is 5.32 Å². The van der Waals surface area contributed by atoms with Crippen LogP contribution in [0, 0.1) is 13.8 Å². The number of hydrogen-bond donors (Lipinski definition) is 1. The normalized spacial score (nSPS) is 10.6. The Labute approximate surface area is 132 Å². The number of thiazole rings is 1. The summed E-state index contributed by atoms with van der Waals surface area (Å²) in [6.07, 6.45) is 0. The third-order valence-electron chi connectivity index (χ3n) is 3.34. The highest BCUT2D eigenvalue weighted by Gasteiger charge is 2.13. The van der Waals surface area contributed by atoms with Crippen LogP contribution in [0.2, 0.25) is 0 Å². The number of aryl methyl sites for hydroxylation is 2. The third kappa shape index (κ3) is 3.09. The van der Waals surface area contributed by atoms with Gasteiger partial charge >= 0.3 is 0 Å². The van der Waals surface area contributed by atoms with Crippen LogP contribution >= 0.6 is 11.3 Å². The minimum Gasteiger partial charge on any atom is -0.466 e. The van der Waals surface area contributed by atoms with E-state index in [-0.39, 0.29) is 5.91 Å². The van der Waals surface area contributed by atoms with E-state index in [1.807, 2.05) is 50.2 Å². The molecule has 0 spiro atoms. The van der Waals surface area contributed by atoms with Crippen LogP contribution in [0.3, 0.4) is 0 Å². The topological polar surface area (TPSA) is 55.1 Å². The van der Waals surface area contributed by atoms with E-state index in [0.29, 0.717) is 12.2 Å². The van der Waals surface area contributed by atoms with Gasteiger partial charge in [-0.05, 0) is 19.9 Å². The standard InChI is InChI=1S/C17H16N2O2S/c1-11-8-14(12(2)21-11)9-18-16(20)15-10-22-17(19-15)13-6-4-3-5-7-13/h3-8,10H,9H2,1-2H3,(H,18,20). The third-order valence-corrected chi connectivity index (χ3v) is 4.23. The van der Waals surface area contributed by atoms with Crippen molar-refractivity contribution >= 4 is 17.2 Å². The van der Waals surface area contributed by atoms with E-state index in [9.17, 15) is 4.79 Å². The van der Waals surface area contributed by atoms with E-state index in [1.54, 1.807) is 5.38 Å². The van der Waals surface area contributed by atoms with Crippen molar-refractivity contribution < 1.29 is 9.21 Å². The first-order valence-electron chi connectivity index (χ1n) is 6.98. The number of carbonyl (C=O) groups excluding carboxylic acids is 1. The first-order valence-corrected chi connectivity index (χ1v) is 7.86. The predicted molar refractivity (Wildman–Crippen MR) is 86.9 cm³/mol. The van der Waals surface area contributed by atoms with E-state index >= 15 is 0 Å². The summed E-state index contributed by atoms with van der Waals surface area (Å²) in [4.78, 5) is 16.6. The number of benzene rings is 1. The average Bonchev–Trinajstić information content (AvgIpc) is 3.12. The van der Waals surface area contributed by atoms with Gasteiger partial charge in [0, 0.05) is 23.1 Å². The summed E-state index contributed by atoms with van der Waals surface area (Å²) >= 11 is 1.47. The van der Waals surface area contributed by atoms with Gasteiger partial charge in [-0.2, -0.15) is 0 Å². The lowest BCUT2D eigenvalue weighted by Crippen LogP contribution is -2.23. The first-order chi connectivity index (χ1) is 10.6. The molecule has 0 saturated heterocycles. The Kier molecular flexibility index (Phi) is 4.06. The van der Waals surface area contributed by atoms with Crippen molar-refractivity contribution in [3.8, 4) is 10.6 Å². The van der Waals surface area contributed by atoms with Crippen LogP contribution in [0.5, 0.6) is 0 Å². The van der Waals surface area contributed by atoms with Gasteiger partial charge in [-0.25, -0.2) is 4.98 Å². The SMILES string of the molecule is Cc1cc(CNC(=O)c2csc(-c3ccccc3)n2)c(C)o1. The Morgan fingerprint density at radius 1 is 1.27 bits per heavy atom. The fourth-order valence-corrected chi connectivity index (χ4v) is 3.02.